The van der Waals surface area contributed by atoms with Crippen LogP contribution in [0.2, 0.25) is 0 Å². The molecular weight excluding hydrogens is 366 g/mol. The Labute approximate surface area is 167 Å². The number of hydrogen-bond donors (Lipinski definition) is 2. The molecule has 144 valence electrons. The Kier molecular flexibility index (Phi) is 3.57. The molecule has 2 fully saturated rings. The molecule has 7 heteroatoms. The predicted octanol–water partition coefficient (Wildman–Crippen LogP) is 1.45. The van der Waals surface area contributed by atoms with Crippen LogP contribution in [0.15, 0.2) is 54.9 Å². The van der Waals surface area contributed by atoms with Gasteiger partial charge in [-0.2, -0.15) is 5.10 Å². The molecule has 1 saturated heterocycles. The average Bonchev–Trinajstić information content (AvgIpc) is 3.40. The molecule has 0 unspecified atom stereocenters. The number of likely N-dealkylation sites (N-methyl/N-ethyl adjacent to an activating group) is 1. The van der Waals surface area contributed by atoms with Crippen LogP contribution < -0.4 is 5.73 Å². The molecule has 1 aromatic carbocycles. The first-order valence-electron chi connectivity index (χ1n) is 9.32. The van der Waals surface area contributed by atoms with Crippen LogP contribution in [0, 0.1) is 17.8 Å². The lowest BCUT2D eigenvalue weighted by Crippen LogP contribution is -2.32. The smallest absolute Gasteiger partial charge is 0.269 e. The van der Waals surface area contributed by atoms with Gasteiger partial charge in [0.05, 0.1) is 16.8 Å². The Morgan fingerprint density at radius 3 is 2.93 bits per heavy atom. The summed E-state index contributed by atoms with van der Waals surface area (Å²) in [5.74, 6) is 5.62. The number of pyridine rings is 1. The van der Waals surface area contributed by atoms with E-state index in [1.165, 1.54) is 0 Å². The third kappa shape index (κ3) is 2.53. The number of carbonyl (C=O) groups is 1. The molecule has 3 N–H and O–H groups in total. The molecule has 3 heterocycles. The summed E-state index contributed by atoms with van der Waals surface area (Å²) in [6.45, 7) is 4.01. The van der Waals surface area contributed by atoms with Crippen LogP contribution in [0.5, 0.6) is 0 Å². The monoisotopic (exact) mass is 385 g/mol. The van der Waals surface area contributed by atoms with E-state index >= 15 is 0 Å². The number of primary amides is 1. The number of amides is 1. The van der Waals surface area contributed by atoms with Gasteiger partial charge in [0.25, 0.3) is 5.91 Å². The minimum atomic E-state index is -1.19. The van der Waals surface area contributed by atoms with E-state index in [1.54, 1.807) is 23.0 Å². The number of likely N-dealkylation sites (tertiary alicyclic amines) is 1. The quantitative estimate of drug-likeness (QED) is 0.651. The normalized spacial score (nSPS) is 24.9. The molecule has 5 rings (SSSR count). The Morgan fingerprint density at radius 1 is 1.38 bits per heavy atom. The number of aliphatic hydroxyl groups is 1. The molecule has 0 radical (unpaired) electrons. The van der Waals surface area contributed by atoms with Crippen molar-refractivity contribution in [2.24, 2.45) is 11.7 Å². The summed E-state index contributed by atoms with van der Waals surface area (Å²) in [6, 6.07) is 11.2. The van der Waals surface area contributed by atoms with Gasteiger partial charge in [0, 0.05) is 30.8 Å². The Morgan fingerprint density at radius 2 is 2.21 bits per heavy atom. The van der Waals surface area contributed by atoms with Crippen LogP contribution in [0.1, 0.15) is 22.5 Å². The first-order chi connectivity index (χ1) is 13.9. The Balaban J connectivity index is 1.55. The van der Waals surface area contributed by atoms with E-state index in [2.05, 4.69) is 28.5 Å². The zero-order valence-corrected chi connectivity index (χ0v) is 15.8. The average molecular weight is 385 g/mol. The summed E-state index contributed by atoms with van der Waals surface area (Å²) < 4.78 is 1.58. The van der Waals surface area contributed by atoms with Crippen LogP contribution in [0.3, 0.4) is 0 Å². The van der Waals surface area contributed by atoms with E-state index in [0.29, 0.717) is 28.5 Å². The van der Waals surface area contributed by atoms with Crippen molar-refractivity contribution in [3.8, 4) is 17.5 Å². The van der Waals surface area contributed by atoms with Gasteiger partial charge in [0.1, 0.15) is 0 Å². The number of fused-ring (bicyclic) bond motifs is 2. The maximum atomic E-state index is 11.8. The lowest BCUT2D eigenvalue weighted by atomic mass is 9.96. The highest BCUT2D eigenvalue weighted by atomic mass is 16.3. The van der Waals surface area contributed by atoms with Gasteiger partial charge in [-0.1, -0.05) is 24.5 Å². The van der Waals surface area contributed by atoms with E-state index in [0.717, 1.165) is 12.0 Å². The number of carbonyl (C=O) groups excluding carboxylic acids is 1. The van der Waals surface area contributed by atoms with Gasteiger partial charge >= 0.3 is 0 Å². The summed E-state index contributed by atoms with van der Waals surface area (Å²) in [4.78, 5) is 18.1. The summed E-state index contributed by atoms with van der Waals surface area (Å²) in [7, 11) is 1.94. The number of benzene rings is 1. The fraction of sp³-hybridized carbons (Fsp3) is 0.227. The minimum absolute atomic E-state index is 0.119. The van der Waals surface area contributed by atoms with Gasteiger partial charge in [0.15, 0.2) is 16.9 Å². The van der Waals surface area contributed by atoms with Gasteiger partial charge in [-0.3, -0.25) is 4.79 Å². The van der Waals surface area contributed by atoms with E-state index in [1.807, 2.05) is 36.2 Å². The van der Waals surface area contributed by atoms with E-state index in [-0.39, 0.29) is 11.6 Å². The van der Waals surface area contributed by atoms with Crippen molar-refractivity contribution in [2.75, 3.05) is 7.05 Å². The zero-order valence-electron chi connectivity index (χ0n) is 15.8. The van der Waals surface area contributed by atoms with E-state index < -0.39 is 11.5 Å². The summed E-state index contributed by atoms with van der Waals surface area (Å²) in [5.41, 5.74) is 7.06. The van der Waals surface area contributed by atoms with Crippen LogP contribution >= 0.6 is 0 Å². The number of nitrogens with two attached hydrogens (primary N) is 1. The van der Waals surface area contributed by atoms with Crippen molar-refractivity contribution >= 4 is 16.9 Å². The van der Waals surface area contributed by atoms with Crippen LogP contribution in [0.4, 0.5) is 0 Å². The highest BCUT2D eigenvalue weighted by Crippen LogP contribution is 2.54. The van der Waals surface area contributed by atoms with Crippen molar-refractivity contribution in [3.05, 3.63) is 66.1 Å². The second-order valence-electron chi connectivity index (χ2n) is 7.53. The van der Waals surface area contributed by atoms with Crippen LogP contribution in [-0.2, 0) is 0 Å². The molecule has 3 atom stereocenters. The number of piperidine rings is 1. The fourth-order valence-corrected chi connectivity index (χ4v) is 4.10. The van der Waals surface area contributed by atoms with Crippen molar-refractivity contribution < 1.29 is 9.90 Å². The zero-order chi connectivity index (χ0) is 20.3. The molecule has 29 heavy (non-hydrogen) atoms. The Bertz CT molecular complexity index is 1250. The highest BCUT2D eigenvalue weighted by Gasteiger charge is 2.62. The first-order valence-corrected chi connectivity index (χ1v) is 9.32. The fourth-order valence-electron chi connectivity index (χ4n) is 4.10. The van der Waals surface area contributed by atoms with Crippen molar-refractivity contribution in [3.63, 3.8) is 0 Å². The molecular formula is C22H19N5O2. The molecule has 2 aliphatic rings. The molecule has 1 amide bonds. The molecule has 7 nitrogen and oxygen atoms in total. The van der Waals surface area contributed by atoms with Crippen molar-refractivity contribution in [1.82, 2.24) is 19.7 Å². The SMILES string of the molecule is C=C1N(C)[C@@H]2C[C@@H]2[C@@]1(O)C#Cc1cccc(-n2nc(C(N)=O)c3cccnc32)c1. The largest absolute Gasteiger partial charge is 0.372 e. The second kappa shape index (κ2) is 5.93. The molecule has 1 aliphatic carbocycles. The van der Waals surface area contributed by atoms with Gasteiger partial charge in [-0.15, -0.1) is 0 Å². The molecule has 1 saturated carbocycles. The summed E-state index contributed by atoms with van der Waals surface area (Å²) in [6.07, 6.45) is 2.57. The minimum Gasteiger partial charge on any atom is -0.372 e. The van der Waals surface area contributed by atoms with Crippen molar-refractivity contribution in [1.29, 1.82) is 0 Å². The van der Waals surface area contributed by atoms with Crippen LogP contribution in [0.25, 0.3) is 16.7 Å². The molecule has 3 aromatic rings. The molecule has 2 aromatic heterocycles. The second-order valence-corrected chi connectivity index (χ2v) is 7.53. The molecule has 1 aliphatic heterocycles. The number of nitrogens with zero attached hydrogens (tertiary/aromatic N) is 4. The van der Waals surface area contributed by atoms with Gasteiger partial charge in [0.2, 0.25) is 0 Å². The van der Waals surface area contributed by atoms with Crippen LogP contribution in [-0.4, -0.2) is 49.4 Å². The topological polar surface area (TPSA) is 97.3 Å². The molecule has 0 spiro atoms. The van der Waals surface area contributed by atoms with E-state index in [4.69, 9.17) is 5.73 Å². The molecule has 0 bridgehead atoms. The number of rotatable bonds is 2. The summed E-state index contributed by atoms with van der Waals surface area (Å²) >= 11 is 0. The number of hydrogen-bond acceptors (Lipinski definition) is 5. The van der Waals surface area contributed by atoms with Crippen molar-refractivity contribution in [2.45, 2.75) is 18.1 Å². The standard InChI is InChI=1S/C22H19N5O2/c1-13-22(29,17-12-18(17)26(13)2)9-8-14-5-3-6-15(11-14)27-21-16(7-4-10-24-21)19(25-27)20(23)28/h3-7,10-11,17-18,29H,1,12H2,2H3,(H2,23,28)/t17-,18+,22+/m0/s1. The Hall–Kier alpha value is -3.63. The van der Waals surface area contributed by atoms with Gasteiger partial charge < -0.3 is 15.7 Å². The maximum Gasteiger partial charge on any atom is 0.269 e. The van der Waals surface area contributed by atoms with E-state index in [9.17, 15) is 9.90 Å². The third-order valence-corrected chi connectivity index (χ3v) is 5.82. The van der Waals surface area contributed by atoms with Gasteiger partial charge in [-0.25, -0.2) is 9.67 Å². The third-order valence-electron chi connectivity index (χ3n) is 5.82. The summed E-state index contributed by atoms with van der Waals surface area (Å²) in [5, 5.41) is 15.9. The van der Waals surface area contributed by atoms with Gasteiger partial charge in [-0.05, 0) is 36.8 Å². The lowest BCUT2D eigenvalue weighted by molar-refractivity contribution is 0.0996. The highest BCUT2D eigenvalue weighted by molar-refractivity contribution is 6.03. The first kappa shape index (κ1) is 17.5. The number of aromatic nitrogens is 3. The lowest BCUT2D eigenvalue weighted by Gasteiger charge is -2.24. The predicted molar refractivity (Wildman–Crippen MR) is 108 cm³/mol. The maximum absolute atomic E-state index is 11.8.